The van der Waals surface area contributed by atoms with Gasteiger partial charge >= 0.3 is 0 Å². The maximum atomic E-state index is 8.36. The first-order chi connectivity index (χ1) is 10.1. The Morgan fingerprint density at radius 3 is 2.71 bits per heavy atom. The van der Waals surface area contributed by atoms with E-state index in [-0.39, 0.29) is 6.47 Å². The van der Waals surface area contributed by atoms with Gasteiger partial charge in [-0.05, 0) is 17.9 Å². The lowest BCUT2D eigenvalue weighted by molar-refractivity contribution is -0.122. The van der Waals surface area contributed by atoms with Crippen molar-refractivity contribution in [2.75, 3.05) is 19.0 Å². The predicted molar refractivity (Wildman–Crippen MR) is 89.3 cm³/mol. The van der Waals surface area contributed by atoms with Crippen molar-refractivity contribution in [2.45, 2.75) is 25.9 Å². The van der Waals surface area contributed by atoms with Crippen molar-refractivity contribution >= 4 is 34.3 Å². The van der Waals surface area contributed by atoms with E-state index in [0.29, 0.717) is 6.04 Å². The van der Waals surface area contributed by atoms with Gasteiger partial charge in [0.2, 0.25) is 0 Å². The van der Waals surface area contributed by atoms with Crippen molar-refractivity contribution in [3.8, 4) is 0 Å². The molecule has 0 aliphatic heterocycles. The molecule has 1 atom stereocenters. The van der Waals surface area contributed by atoms with Gasteiger partial charge in [0.05, 0.1) is 0 Å². The first kappa shape index (κ1) is 17.6. The Kier molecular flexibility index (Phi) is 7.96. The van der Waals surface area contributed by atoms with Crippen LogP contribution < -0.4 is 10.2 Å². The molecule has 2 heterocycles. The number of nitrogens with zero attached hydrogens (tertiary/aromatic N) is 2. The van der Waals surface area contributed by atoms with E-state index in [9.17, 15) is 0 Å². The number of carboxylic acid groups (broad SMARTS) is 1. The average Bonchev–Trinajstić information content (AvgIpc) is 3.11. The summed E-state index contributed by atoms with van der Waals surface area (Å²) in [4.78, 5) is 17.5. The molecule has 0 saturated carbocycles. The van der Waals surface area contributed by atoms with Crippen LogP contribution in [0, 0.1) is 0 Å². The van der Waals surface area contributed by atoms with E-state index in [0.717, 1.165) is 18.1 Å². The minimum Gasteiger partial charge on any atom is -0.483 e. The molecule has 2 rings (SSSR count). The summed E-state index contributed by atoms with van der Waals surface area (Å²) in [6, 6.07) is 4.76. The molecular formula is C14H21N3O2S2. The Bertz CT molecular complexity index is 512. The lowest BCUT2D eigenvalue weighted by Gasteiger charge is -2.14. The van der Waals surface area contributed by atoms with Gasteiger partial charge in [-0.1, -0.05) is 13.0 Å². The fraction of sp³-hybridized carbons (Fsp3) is 0.429. The minimum atomic E-state index is -0.250. The van der Waals surface area contributed by atoms with Gasteiger partial charge in [-0.15, -0.1) is 22.7 Å². The number of aromatic nitrogens is 1. The van der Waals surface area contributed by atoms with Crippen LogP contribution >= 0.6 is 22.7 Å². The summed E-state index contributed by atoms with van der Waals surface area (Å²) in [6.07, 6.45) is 3.08. The molecule has 0 aromatic carbocycles. The molecule has 0 aliphatic carbocycles. The zero-order valence-corrected chi connectivity index (χ0v) is 14.1. The number of nitrogens with one attached hydrogen (secondary N) is 1. The third-order valence-electron chi connectivity index (χ3n) is 2.74. The molecule has 0 spiro atoms. The first-order valence-corrected chi connectivity index (χ1v) is 8.28. The molecular weight excluding hydrogens is 306 g/mol. The smallest absolute Gasteiger partial charge is 0.290 e. The molecule has 0 amide bonds. The van der Waals surface area contributed by atoms with Crippen LogP contribution in [-0.2, 0) is 11.3 Å². The van der Waals surface area contributed by atoms with Crippen molar-refractivity contribution in [1.29, 1.82) is 0 Å². The Morgan fingerprint density at radius 1 is 1.52 bits per heavy atom. The third-order valence-corrected chi connectivity index (χ3v) is 4.89. The number of carbonyl (C=O) groups is 1. The number of thiophene rings is 1. The van der Waals surface area contributed by atoms with E-state index in [1.807, 2.05) is 36.5 Å². The molecule has 0 aliphatic rings. The van der Waals surface area contributed by atoms with Gasteiger partial charge in [0, 0.05) is 42.6 Å². The number of rotatable bonds is 6. The maximum absolute atomic E-state index is 8.36. The number of hydrogen-bond donors (Lipinski definition) is 2. The zero-order chi connectivity index (χ0) is 15.7. The van der Waals surface area contributed by atoms with Gasteiger partial charge in [0.25, 0.3) is 6.47 Å². The quantitative estimate of drug-likeness (QED) is 0.798. The van der Waals surface area contributed by atoms with Crippen LogP contribution in [0.25, 0.3) is 0 Å². The summed E-state index contributed by atoms with van der Waals surface area (Å²) in [6.45, 7) is 2.86. The van der Waals surface area contributed by atoms with E-state index in [2.05, 4.69) is 34.7 Å². The van der Waals surface area contributed by atoms with Gasteiger partial charge in [-0.25, -0.2) is 4.98 Å². The largest absolute Gasteiger partial charge is 0.483 e. The molecule has 0 bridgehead atoms. The van der Waals surface area contributed by atoms with E-state index < -0.39 is 0 Å². The molecule has 5 nitrogen and oxygen atoms in total. The highest BCUT2D eigenvalue weighted by atomic mass is 32.1. The van der Waals surface area contributed by atoms with Crippen LogP contribution in [0.4, 0.5) is 5.13 Å². The highest BCUT2D eigenvalue weighted by Crippen LogP contribution is 2.24. The van der Waals surface area contributed by atoms with Crippen LogP contribution in [0.2, 0.25) is 0 Å². The van der Waals surface area contributed by atoms with Gasteiger partial charge in [0.15, 0.2) is 5.13 Å². The molecule has 7 heteroatoms. The van der Waals surface area contributed by atoms with Gasteiger partial charge in [0.1, 0.15) is 0 Å². The van der Waals surface area contributed by atoms with Crippen LogP contribution in [0.1, 0.15) is 29.1 Å². The molecule has 2 aromatic heterocycles. The van der Waals surface area contributed by atoms with Gasteiger partial charge in [-0.2, -0.15) is 0 Å². The molecule has 0 radical (unpaired) electrons. The van der Waals surface area contributed by atoms with E-state index in [1.165, 1.54) is 9.75 Å². The fourth-order valence-corrected chi connectivity index (χ4v) is 3.41. The zero-order valence-electron chi connectivity index (χ0n) is 12.4. The van der Waals surface area contributed by atoms with E-state index >= 15 is 0 Å². The van der Waals surface area contributed by atoms with Crippen molar-refractivity contribution in [3.63, 3.8) is 0 Å². The SMILES string of the molecule is CCC(NCc1cnc(N(C)C)s1)c1cccs1.O=CO. The number of hydrogen-bond acceptors (Lipinski definition) is 6. The molecule has 0 fully saturated rings. The fourth-order valence-electron chi connectivity index (χ4n) is 1.75. The summed E-state index contributed by atoms with van der Waals surface area (Å²) >= 11 is 3.56. The maximum Gasteiger partial charge on any atom is 0.290 e. The second-order valence-electron chi connectivity index (χ2n) is 4.47. The molecule has 116 valence electrons. The Balaban J connectivity index is 0.000000677. The lowest BCUT2D eigenvalue weighted by Crippen LogP contribution is -2.18. The van der Waals surface area contributed by atoms with Crippen molar-refractivity contribution in [3.05, 3.63) is 33.5 Å². The normalized spacial score (nSPS) is 11.4. The summed E-state index contributed by atoms with van der Waals surface area (Å²) in [5.74, 6) is 0. The highest BCUT2D eigenvalue weighted by molar-refractivity contribution is 7.15. The van der Waals surface area contributed by atoms with Crippen molar-refractivity contribution in [1.82, 2.24) is 10.3 Å². The monoisotopic (exact) mass is 327 g/mol. The van der Waals surface area contributed by atoms with Crippen molar-refractivity contribution < 1.29 is 9.90 Å². The lowest BCUT2D eigenvalue weighted by atomic mass is 10.2. The number of anilines is 1. The molecule has 2 aromatic rings. The number of thiazole rings is 1. The molecule has 0 saturated heterocycles. The van der Waals surface area contributed by atoms with E-state index in [4.69, 9.17) is 9.90 Å². The highest BCUT2D eigenvalue weighted by Gasteiger charge is 2.10. The first-order valence-electron chi connectivity index (χ1n) is 6.59. The summed E-state index contributed by atoms with van der Waals surface area (Å²) < 4.78 is 0. The Hall–Kier alpha value is -1.44. The van der Waals surface area contributed by atoms with Crippen molar-refractivity contribution in [2.24, 2.45) is 0 Å². The second-order valence-corrected chi connectivity index (χ2v) is 6.54. The standard InChI is InChI=1S/C13H19N3S2.CH2O2/c1-4-11(12-6-5-7-17-12)14-8-10-9-15-13(18-10)16(2)3;2-1-3/h5-7,9,11,14H,4,8H2,1-3H3;1H,(H,2,3). The summed E-state index contributed by atoms with van der Waals surface area (Å²) in [5.41, 5.74) is 0. The van der Waals surface area contributed by atoms with Crippen LogP contribution in [0.5, 0.6) is 0 Å². The molecule has 2 N–H and O–H groups in total. The summed E-state index contributed by atoms with van der Waals surface area (Å²) in [7, 11) is 4.05. The average molecular weight is 327 g/mol. The van der Waals surface area contributed by atoms with Gasteiger partial charge in [-0.3, -0.25) is 4.79 Å². The topological polar surface area (TPSA) is 65.5 Å². The third kappa shape index (κ3) is 5.82. The Morgan fingerprint density at radius 2 is 2.24 bits per heavy atom. The second kappa shape index (κ2) is 9.49. The summed E-state index contributed by atoms with van der Waals surface area (Å²) in [5, 5.41) is 13.7. The van der Waals surface area contributed by atoms with Crippen LogP contribution in [0.3, 0.4) is 0 Å². The van der Waals surface area contributed by atoms with Crippen LogP contribution in [0.15, 0.2) is 23.7 Å². The van der Waals surface area contributed by atoms with Crippen LogP contribution in [-0.4, -0.2) is 30.7 Å². The Labute approximate surface area is 133 Å². The minimum absolute atomic E-state index is 0.250. The van der Waals surface area contributed by atoms with Gasteiger partial charge < -0.3 is 15.3 Å². The van der Waals surface area contributed by atoms with E-state index in [1.54, 1.807) is 11.3 Å². The predicted octanol–water partition coefficient (Wildman–Crippen LogP) is 3.21. The molecule has 21 heavy (non-hydrogen) atoms. The molecule has 1 unspecified atom stereocenters.